The largest absolute Gasteiger partial charge is 0.350 e. The number of rotatable bonds is 4. The van der Waals surface area contributed by atoms with Crippen LogP contribution in [0.15, 0.2) is 42.7 Å². The summed E-state index contributed by atoms with van der Waals surface area (Å²) in [5, 5.41) is 0. The van der Waals surface area contributed by atoms with Gasteiger partial charge in [0.2, 0.25) is 0 Å². The van der Waals surface area contributed by atoms with Crippen molar-refractivity contribution in [2.24, 2.45) is 0 Å². The average Bonchev–Trinajstić information content (AvgIpc) is 2.78. The molecular weight excluding hydrogens is 218 g/mol. The summed E-state index contributed by atoms with van der Waals surface area (Å²) in [6, 6.07) is 11.1. The van der Waals surface area contributed by atoms with Crippen LogP contribution >= 0.6 is 0 Å². The first-order valence-electron chi connectivity index (χ1n) is 6.80. The van der Waals surface area contributed by atoms with Gasteiger partial charge in [0.1, 0.15) is 0 Å². The highest BCUT2D eigenvalue weighted by Crippen LogP contribution is 2.18. The molecule has 2 rings (SSSR count). The van der Waals surface area contributed by atoms with Crippen LogP contribution in [0.4, 0.5) is 0 Å². The van der Waals surface area contributed by atoms with E-state index in [9.17, 15) is 0 Å². The first kappa shape index (κ1) is 12.9. The minimum Gasteiger partial charge on any atom is -0.350 e. The second-order valence-electron chi connectivity index (χ2n) is 5.67. The molecule has 0 amide bonds. The van der Waals surface area contributed by atoms with Crippen LogP contribution < -0.4 is 0 Å². The quantitative estimate of drug-likeness (QED) is 0.725. The van der Waals surface area contributed by atoms with Gasteiger partial charge in [0.25, 0.3) is 0 Å². The van der Waals surface area contributed by atoms with Gasteiger partial charge in [-0.25, -0.2) is 0 Å². The number of aromatic nitrogens is 1. The maximum Gasteiger partial charge on any atom is 0.0470 e. The third kappa shape index (κ3) is 3.04. The van der Waals surface area contributed by atoms with Crippen molar-refractivity contribution in [3.05, 3.63) is 59.4 Å². The van der Waals surface area contributed by atoms with Gasteiger partial charge in [-0.05, 0) is 34.6 Å². The Morgan fingerprint density at radius 2 is 1.67 bits per heavy atom. The van der Waals surface area contributed by atoms with Crippen molar-refractivity contribution in [1.29, 1.82) is 0 Å². The molecule has 96 valence electrons. The average molecular weight is 241 g/mol. The van der Waals surface area contributed by atoms with Crippen molar-refractivity contribution < 1.29 is 0 Å². The molecule has 1 heteroatoms. The number of nitrogens with zero attached hydrogens (tertiary/aromatic N) is 1. The fourth-order valence-electron chi connectivity index (χ4n) is 2.16. The van der Waals surface area contributed by atoms with Crippen LogP contribution in [0.3, 0.4) is 0 Å². The van der Waals surface area contributed by atoms with Gasteiger partial charge in [0, 0.05) is 18.9 Å². The molecule has 18 heavy (non-hydrogen) atoms. The van der Waals surface area contributed by atoms with E-state index >= 15 is 0 Å². The normalized spacial score (nSPS) is 11.4. The molecule has 0 bridgehead atoms. The number of hydrogen-bond acceptors (Lipinski definition) is 0. The van der Waals surface area contributed by atoms with Crippen LogP contribution in [0.5, 0.6) is 0 Å². The second-order valence-corrected chi connectivity index (χ2v) is 5.67. The van der Waals surface area contributed by atoms with Crippen LogP contribution in [0.25, 0.3) is 0 Å². The topological polar surface area (TPSA) is 4.93 Å². The summed E-state index contributed by atoms with van der Waals surface area (Å²) in [6.07, 6.45) is 4.43. The van der Waals surface area contributed by atoms with E-state index in [0.29, 0.717) is 11.8 Å². The van der Waals surface area contributed by atoms with Gasteiger partial charge >= 0.3 is 0 Å². The van der Waals surface area contributed by atoms with Gasteiger partial charge in [-0.3, -0.25) is 0 Å². The summed E-state index contributed by atoms with van der Waals surface area (Å²) < 4.78 is 2.27. The Morgan fingerprint density at radius 1 is 0.944 bits per heavy atom. The lowest BCUT2D eigenvalue weighted by Gasteiger charge is -2.09. The minimum atomic E-state index is 0.598. The van der Waals surface area contributed by atoms with Crippen molar-refractivity contribution in [2.45, 2.75) is 46.1 Å². The zero-order valence-electron chi connectivity index (χ0n) is 11.9. The molecule has 0 aliphatic heterocycles. The molecule has 0 fully saturated rings. The van der Waals surface area contributed by atoms with Crippen molar-refractivity contribution in [2.75, 3.05) is 0 Å². The predicted molar refractivity (Wildman–Crippen MR) is 78.2 cm³/mol. The molecule has 0 N–H and O–H groups in total. The Morgan fingerprint density at radius 3 is 2.28 bits per heavy atom. The van der Waals surface area contributed by atoms with E-state index in [-0.39, 0.29) is 0 Å². The van der Waals surface area contributed by atoms with Gasteiger partial charge in [-0.1, -0.05) is 52.0 Å². The standard InChI is InChI=1S/C17H23N/c1-13(2)16-7-5-6-15(10-16)11-18-9-8-17(12-18)14(3)4/h5-10,12-14H,11H2,1-4H3. The molecule has 0 saturated carbocycles. The van der Waals surface area contributed by atoms with Gasteiger partial charge in [-0.15, -0.1) is 0 Å². The molecule has 0 unspecified atom stereocenters. The number of hydrogen-bond donors (Lipinski definition) is 0. The van der Waals surface area contributed by atoms with Crippen molar-refractivity contribution in [3.8, 4) is 0 Å². The molecule has 0 aliphatic carbocycles. The molecule has 1 heterocycles. The summed E-state index contributed by atoms with van der Waals surface area (Å²) in [7, 11) is 0. The molecule has 1 aromatic carbocycles. The predicted octanol–water partition coefficient (Wildman–Crippen LogP) is 4.78. The molecule has 1 aromatic heterocycles. The smallest absolute Gasteiger partial charge is 0.0470 e. The summed E-state index contributed by atoms with van der Waals surface area (Å²) in [4.78, 5) is 0. The summed E-state index contributed by atoms with van der Waals surface area (Å²) in [5.41, 5.74) is 4.21. The zero-order valence-corrected chi connectivity index (χ0v) is 11.9. The molecule has 0 spiro atoms. The van der Waals surface area contributed by atoms with E-state index in [1.54, 1.807) is 0 Å². The van der Waals surface area contributed by atoms with Gasteiger partial charge < -0.3 is 4.57 Å². The molecular formula is C17H23N. The van der Waals surface area contributed by atoms with E-state index in [0.717, 1.165) is 6.54 Å². The Hall–Kier alpha value is -1.50. The van der Waals surface area contributed by atoms with Gasteiger partial charge in [-0.2, -0.15) is 0 Å². The maximum absolute atomic E-state index is 2.32. The van der Waals surface area contributed by atoms with Crippen LogP contribution in [0, 0.1) is 0 Å². The number of benzene rings is 1. The maximum atomic E-state index is 2.32. The van der Waals surface area contributed by atoms with Gasteiger partial charge in [0.15, 0.2) is 0 Å². The molecule has 2 aromatic rings. The summed E-state index contributed by atoms with van der Waals surface area (Å²) in [6.45, 7) is 9.92. The first-order valence-corrected chi connectivity index (χ1v) is 6.80. The fourth-order valence-corrected chi connectivity index (χ4v) is 2.16. The lowest BCUT2D eigenvalue weighted by molar-refractivity contribution is 0.784. The van der Waals surface area contributed by atoms with Crippen molar-refractivity contribution in [3.63, 3.8) is 0 Å². The van der Waals surface area contributed by atoms with Crippen LogP contribution in [-0.4, -0.2) is 4.57 Å². The highest BCUT2D eigenvalue weighted by molar-refractivity contribution is 5.26. The molecule has 0 atom stereocenters. The Kier molecular flexibility index (Phi) is 3.90. The van der Waals surface area contributed by atoms with E-state index in [2.05, 4.69) is 75.0 Å². The molecule has 0 radical (unpaired) electrons. The Labute approximate surface area is 110 Å². The lowest BCUT2D eigenvalue weighted by Crippen LogP contribution is -1.98. The molecule has 1 nitrogen and oxygen atoms in total. The van der Waals surface area contributed by atoms with Crippen LogP contribution in [0.2, 0.25) is 0 Å². The molecule has 0 aliphatic rings. The lowest BCUT2D eigenvalue weighted by atomic mass is 10.0. The van der Waals surface area contributed by atoms with E-state index in [4.69, 9.17) is 0 Å². The first-order chi connectivity index (χ1) is 8.56. The summed E-state index contributed by atoms with van der Waals surface area (Å²) in [5.74, 6) is 1.20. The van der Waals surface area contributed by atoms with Crippen LogP contribution in [-0.2, 0) is 6.54 Å². The summed E-state index contributed by atoms with van der Waals surface area (Å²) >= 11 is 0. The van der Waals surface area contributed by atoms with E-state index in [1.807, 2.05) is 0 Å². The van der Waals surface area contributed by atoms with Gasteiger partial charge in [0.05, 0.1) is 0 Å². The van der Waals surface area contributed by atoms with Crippen LogP contribution in [0.1, 0.15) is 56.2 Å². The third-order valence-corrected chi connectivity index (χ3v) is 3.42. The van der Waals surface area contributed by atoms with E-state index < -0.39 is 0 Å². The Bertz CT molecular complexity index is 506. The van der Waals surface area contributed by atoms with Crippen molar-refractivity contribution >= 4 is 0 Å². The fraction of sp³-hybridized carbons (Fsp3) is 0.412. The SMILES string of the molecule is CC(C)c1cccc(Cn2ccc(C(C)C)c2)c1. The van der Waals surface area contributed by atoms with Crippen molar-refractivity contribution in [1.82, 2.24) is 4.57 Å². The zero-order chi connectivity index (χ0) is 13.1. The highest BCUT2D eigenvalue weighted by atomic mass is 14.9. The van der Waals surface area contributed by atoms with E-state index in [1.165, 1.54) is 16.7 Å². The second kappa shape index (κ2) is 5.43. The monoisotopic (exact) mass is 241 g/mol. The minimum absolute atomic E-state index is 0.598. The third-order valence-electron chi connectivity index (χ3n) is 3.42. The highest BCUT2D eigenvalue weighted by Gasteiger charge is 2.03. The Balaban J connectivity index is 2.15. The molecule has 0 saturated heterocycles.